The molecule has 0 saturated carbocycles. The summed E-state index contributed by atoms with van der Waals surface area (Å²) in [5.41, 5.74) is 5.43. The monoisotopic (exact) mass is 443 g/mol. The zero-order valence-electron chi connectivity index (χ0n) is 19.7. The summed E-state index contributed by atoms with van der Waals surface area (Å²) >= 11 is 0. The first-order chi connectivity index (χ1) is 16.0. The summed E-state index contributed by atoms with van der Waals surface area (Å²) in [6, 6.07) is 19.0. The van der Waals surface area contributed by atoms with Crippen LogP contribution < -0.4 is 4.90 Å². The number of amides is 1. The third-order valence-electron chi connectivity index (χ3n) is 6.80. The van der Waals surface area contributed by atoms with Crippen molar-refractivity contribution in [3.8, 4) is 6.07 Å². The van der Waals surface area contributed by atoms with E-state index < -0.39 is 0 Å². The van der Waals surface area contributed by atoms with Crippen LogP contribution in [0.2, 0.25) is 0 Å². The van der Waals surface area contributed by atoms with Crippen LogP contribution >= 0.6 is 0 Å². The maximum absolute atomic E-state index is 13.0. The predicted molar refractivity (Wildman–Crippen MR) is 132 cm³/mol. The average Bonchev–Trinajstić information content (AvgIpc) is 2.85. The fourth-order valence-corrected chi connectivity index (χ4v) is 4.61. The summed E-state index contributed by atoms with van der Waals surface area (Å²) in [6.07, 6.45) is 1.78. The van der Waals surface area contributed by atoms with E-state index in [4.69, 9.17) is 0 Å². The second-order valence-corrected chi connectivity index (χ2v) is 8.95. The van der Waals surface area contributed by atoms with Crippen LogP contribution in [0, 0.1) is 25.2 Å². The minimum absolute atomic E-state index is 0.145. The molecular formula is C27H33N5O. The Bertz CT molecular complexity index is 1030. The zero-order chi connectivity index (χ0) is 23.2. The van der Waals surface area contributed by atoms with Gasteiger partial charge in [-0.1, -0.05) is 42.5 Å². The third-order valence-corrected chi connectivity index (χ3v) is 6.80. The van der Waals surface area contributed by atoms with E-state index in [1.165, 1.54) is 22.4 Å². The first kappa shape index (κ1) is 22.9. The number of anilines is 1. The van der Waals surface area contributed by atoms with Gasteiger partial charge in [0, 0.05) is 70.8 Å². The van der Waals surface area contributed by atoms with Gasteiger partial charge in [-0.25, -0.2) is 0 Å². The Morgan fingerprint density at radius 3 is 2.27 bits per heavy atom. The largest absolute Gasteiger partial charge is 0.373 e. The number of benzene rings is 2. The van der Waals surface area contributed by atoms with Crippen molar-refractivity contribution in [2.75, 3.05) is 57.3 Å². The maximum atomic E-state index is 13.0. The van der Waals surface area contributed by atoms with E-state index in [-0.39, 0.29) is 11.5 Å². The Balaban J connectivity index is 1.30. The zero-order valence-corrected chi connectivity index (χ0v) is 19.7. The summed E-state index contributed by atoms with van der Waals surface area (Å²) in [4.78, 5) is 21.7. The average molecular weight is 444 g/mol. The van der Waals surface area contributed by atoms with Crippen LogP contribution in [-0.4, -0.2) is 73.0 Å². The summed E-state index contributed by atoms with van der Waals surface area (Å²) in [6.45, 7) is 11.5. The van der Waals surface area contributed by atoms with Crippen molar-refractivity contribution in [3.63, 3.8) is 0 Å². The van der Waals surface area contributed by atoms with E-state index in [1.54, 1.807) is 6.20 Å². The summed E-state index contributed by atoms with van der Waals surface area (Å²) < 4.78 is 0. The molecule has 172 valence electrons. The van der Waals surface area contributed by atoms with Gasteiger partial charge in [-0.3, -0.25) is 9.69 Å². The second-order valence-electron chi connectivity index (χ2n) is 8.95. The van der Waals surface area contributed by atoms with Crippen molar-refractivity contribution < 1.29 is 4.79 Å². The Labute approximate surface area is 197 Å². The van der Waals surface area contributed by atoms with Gasteiger partial charge in [0.1, 0.15) is 11.6 Å². The molecule has 0 radical (unpaired) electrons. The van der Waals surface area contributed by atoms with Gasteiger partial charge in [0.2, 0.25) is 0 Å². The molecule has 2 aliphatic heterocycles. The second kappa shape index (κ2) is 10.5. The molecule has 0 atom stereocenters. The SMILES string of the molecule is Cc1cccc(N2CCN(/C=C(/C#N)C(=O)N3CCN(Cc4ccccc4)CC3)CC2)c1C. The molecule has 6 nitrogen and oxygen atoms in total. The molecule has 0 spiro atoms. The lowest BCUT2D eigenvalue weighted by atomic mass is 10.1. The van der Waals surface area contributed by atoms with Gasteiger partial charge >= 0.3 is 0 Å². The van der Waals surface area contributed by atoms with E-state index in [9.17, 15) is 10.1 Å². The molecule has 0 aliphatic carbocycles. The lowest BCUT2D eigenvalue weighted by molar-refractivity contribution is -0.128. The van der Waals surface area contributed by atoms with E-state index in [0.717, 1.165) is 45.8 Å². The van der Waals surface area contributed by atoms with Crippen molar-refractivity contribution in [3.05, 3.63) is 77.0 Å². The molecular weight excluding hydrogens is 410 g/mol. The molecule has 2 fully saturated rings. The number of rotatable bonds is 5. The van der Waals surface area contributed by atoms with Crippen molar-refractivity contribution >= 4 is 11.6 Å². The highest BCUT2D eigenvalue weighted by atomic mass is 16.2. The Kier molecular flexibility index (Phi) is 7.31. The van der Waals surface area contributed by atoms with Crippen LogP contribution in [0.15, 0.2) is 60.3 Å². The van der Waals surface area contributed by atoms with Crippen LogP contribution in [0.4, 0.5) is 5.69 Å². The van der Waals surface area contributed by atoms with Gasteiger partial charge in [0.05, 0.1) is 0 Å². The highest BCUT2D eigenvalue weighted by Crippen LogP contribution is 2.24. The normalized spacial score (nSPS) is 17.7. The highest BCUT2D eigenvalue weighted by molar-refractivity contribution is 5.97. The predicted octanol–water partition coefficient (Wildman–Crippen LogP) is 3.18. The molecule has 1 amide bonds. The molecule has 2 aromatic rings. The van der Waals surface area contributed by atoms with E-state index >= 15 is 0 Å². The molecule has 2 heterocycles. The van der Waals surface area contributed by atoms with Gasteiger partial charge in [-0.15, -0.1) is 0 Å². The van der Waals surface area contributed by atoms with Crippen LogP contribution in [0.1, 0.15) is 16.7 Å². The van der Waals surface area contributed by atoms with Gasteiger partial charge in [-0.05, 0) is 36.6 Å². The summed E-state index contributed by atoms with van der Waals surface area (Å²) in [5.74, 6) is -0.145. The molecule has 0 unspecified atom stereocenters. The molecule has 6 heteroatoms. The Morgan fingerprint density at radius 1 is 0.909 bits per heavy atom. The van der Waals surface area contributed by atoms with E-state index in [1.807, 2.05) is 11.0 Å². The molecule has 0 bridgehead atoms. The molecule has 0 N–H and O–H groups in total. The number of carbonyl (C=O) groups excluding carboxylic acids is 1. The quantitative estimate of drug-likeness (QED) is 0.525. The molecule has 0 aromatic heterocycles. The third kappa shape index (κ3) is 5.55. The van der Waals surface area contributed by atoms with Crippen LogP contribution in [-0.2, 0) is 11.3 Å². The topological polar surface area (TPSA) is 53.8 Å². The number of carbonyl (C=O) groups is 1. The lowest BCUT2D eigenvalue weighted by Crippen LogP contribution is -2.49. The molecule has 33 heavy (non-hydrogen) atoms. The van der Waals surface area contributed by atoms with Crippen LogP contribution in [0.25, 0.3) is 0 Å². The smallest absolute Gasteiger partial charge is 0.266 e. The molecule has 2 aliphatic rings. The molecule has 4 rings (SSSR count). The summed E-state index contributed by atoms with van der Waals surface area (Å²) in [5, 5.41) is 9.69. The van der Waals surface area contributed by atoms with Gasteiger partial charge in [0.15, 0.2) is 0 Å². The van der Waals surface area contributed by atoms with E-state index in [2.05, 4.69) is 77.1 Å². The van der Waals surface area contributed by atoms with Crippen LogP contribution in [0.5, 0.6) is 0 Å². The highest BCUT2D eigenvalue weighted by Gasteiger charge is 2.25. The number of hydrogen-bond donors (Lipinski definition) is 0. The number of nitriles is 1. The standard InChI is InChI=1S/C27H33N5O/c1-22-7-6-10-26(23(22)2)31-15-11-30(12-16-31)21-25(19-28)27(33)32-17-13-29(14-18-32)20-24-8-4-3-5-9-24/h3-10,21H,11-18,20H2,1-2H3/b25-21-. The fourth-order valence-electron chi connectivity index (χ4n) is 4.61. The van der Waals surface area contributed by atoms with E-state index in [0.29, 0.717) is 13.1 Å². The first-order valence-corrected chi connectivity index (χ1v) is 11.8. The minimum Gasteiger partial charge on any atom is -0.373 e. The lowest BCUT2D eigenvalue weighted by Gasteiger charge is -2.37. The Hall–Kier alpha value is -3.30. The minimum atomic E-state index is -0.145. The summed E-state index contributed by atoms with van der Waals surface area (Å²) in [7, 11) is 0. The first-order valence-electron chi connectivity index (χ1n) is 11.8. The van der Waals surface area contributed by atoms with Crippen molar-refractivity contribution in [2.24, 2.45) is 0 Å². The van der Waals surface area contributed by atoms with Crippen molar-refractivity contribution in [2.45, 2.75) is 20.4 Å². The van der Waals surface area contributed by atoms with Gasteiger partial charge in [0.25, 0.3) is 5.91 Å². The van der Waals surface area contributed by atoms with Crippen LogP contribution in [0.3, 0.4) is 0 Å². The number of hydrogen-bond acceptors (Lipinski definition) is 5. The van der Waals surface area contributed by atoms with Gasteiger partial charge in [-0.2, -0.15) is 5.26 Å². The molecule has 2 aromatic carbocycles. The molecule has 2 saturated heterocycles. The Morgan fingerprint density at radius 2 is 1.61 bits per heavy atom. The maximum Gasteiger partial charge on any atom is 0.266 e. The number of piperazine rings is 2. The van der Waals surface area contributed by atoms with Crippen molar-refractivity contribution in [1.29, 1.82) is 5.26 Å². The number of aryl methyl sites for hydroxylation is 1. The number of nitrogens with zero attached hydrogens (tertiary/aromatic N) is 5. The van der Waals surface area contributed by atoms with Gasteiger partial charge < -0.3 is 14.7 Å². The van der Waals surface area contributed by atoms with Crippen molar-refractivity contribution in [1.82, 2.24) is 14.7 Å². The fraction of sp³-hybridized carbons (Fsp3) is 0.407.